The van der Waals surface area contributed by atoms with Crippen molar-refractivity contribution in [3.63, 3.8) is 0 Å². The lowest BCUT2D eigenvalue weighted by molar-refractivity contribution is -0.0404. The summed E-state index contributed by atoms with van der Waals surface area (Å²) < 4.78 is 12.7. The normalized spacial score (nSPS) is 21.7. The van der Waals surface area contributed by atoms with Crippen LogP contribution in [-0.4, -0.2) is 50.4 Å². The summed E-state index contributed by atoms with van der Waals surface area (Å²) in [4.78, 5) is 2.27. The molecule has 1 saturated heterocycles. The minimum Gasteiger partial charge on any atom is -0.491 e. The zero-order valence-electron chi connectivity index (χ0n) is 12.1. The number of nitrogens with two attached hydrogens (primary N) is 1. The molecule has 1 aliphatic rings. The summed E-state index contributed by atoms with van der Waals surface area (Å²) >= 11 is 3.49. The molecule has 1 aromatic carbocycles. The van der Waals surface area contributed by atoms with Crippen LogP contribution in [-0.2, 0) is 11.2 Å². The van der Waals surface area contributed by atoms with Crippen molar-refractivity contribution in [2.75, 3.05) is 33.4 Å². The molecule has 5 heteroatoms. The molecule has 4 nitrogen and oxygen atoms in total. The van der Waals surface area contributed by atoms with Gasteiger partial charge in [0.25, 0.3) is 0 Å². The van der Waals surface area contributed by atoms with Crippen LogP contribution < -0.4 is 10.5 Å². The largest absolute Gasteiger partial charge is 0.491 e. The van der Waals surface area contributed by atoms with E-state index in [1.807, 2.05) is 19.1 Å². The maximum Gasteiger partial charge on any atom is 0.122 e. The van der Waals surface area contributed by atoms with E-state index in [0.29, 0.717) is 6.61 Å². The lowest BCUT2D eigenvalue weighted by Crippen LogP contribution is -2.42. The van der Waals surface area contributed by atoms with E-state index in [1.165, 1.54) is 0 Å². The molecule has 0 saturated carbocycles. The first-order valence-corrected chi connectivity index (χ1v) is 7.81. The number of hydrogen-bond acceptors (Lipinski definition) is 4. The predicted molar refractivity (Wildman–Crippen MR) is 84.2 cm³/mol. The number of halogens is 1. The first-order valence-electron chi connectivity index (χ1n) is 7.01. The molecular formula is C15H23BrN2O2. The van der Waals surface area contributed by atoms with E-state index >= 15 is 0 Å². The van der Waals surface area contributed by atoms with Gasteiger partial charge in [-0.15, -0.1) is 0 Å². The fourth-order valence-electron chi connectivity index (χ4n) is 2.35. The Morgan fingerprint density at radius 2 is 2.35 bits per heavy atom. The molecule has 0 amide bonds. The number of benzene rings is 1. The van der Waals surface area contributed by atoms with Crippen molar-refractivity contribution in [2.45, 2.75) is 25.5 Å². The van der Waals surface area contributed by atoms with Crippen LogP contribution in [0.1, 0.15) is 12.5 Å². The number of nitrogens with zero attached hydrogens (tertiary/aromatic N) is 1. The smallest absolute Gasteiger partial charge is 0.122 e. The zero-order chi connectivity index (χ0) is 14.5. The molecule has 0 aromatic heterocycles. The van der Waals surface area contributed by atoms with E-state index in [1.54, 1.807) is 0 Å². The second kappa shape index (κ2) is 7.41. The third-order valence-electron chi connectivity index (χ3n) is 3.33. The Kier molecular flexibility index (Phi) is 5.84. The summed E-state index contributed by atoms with van der Waals surface area (Å²) in [7, 11) is 2.11. The molecular weight excluding hydrogens is 320 g/mol. The quantitative estimate of drug-likeness (QED) is 0.889. The molecule has 1 fully saturated rings. The number of rotatable bonds is 5. The van der Waals surface area contributed by atoms with Gasteiger partial charge in [-0.05, 0) is 44.2 Å². The van der Waals surface area contributed by atoms with Crippen molar-refractivity contribution < 1.29 is 9.47 Å². The van der Waals surface area contributed by atoms with Gasteiger partial charge in [-0.1, -0.05) is 15.9 Å². The number of likely N-dealkylation sites (N-methyl/N-ethyl adjacent to an activating group) is 1. The van der Waals surface area contributed by atoms with Crippen LogP contribution in [0.3, 0.4) is 0 Å². The van der Waals surface area contributed by atoms with Crippen molar-refractivity contribution in [2.24, 2.45) is 5.73 Å². The maximum atomic E-state index is 5.95. The molecule has 0 spiro atoms. The fourth-order valence-corrected chi connectivity index (χ4v) is 2.75. The van der Waals surface area contributed by atoms with Crippen molar-refractivity contribution in [3.8, 4) is 5.75 Å². The molecule has 2 rings (SSSR count). The van der Waals surface area contributed by atoms with Crippen LogP contribution in [0.2, 0.25) is 0 Å². The number of hydrogen-bond donors (Lipinski definition) is 1. The second-order valence-corrected chi connectivity index (χ2v) is 6.42. The van der Waals surface area contributed by atoms with Gasteiger partial charge < -0.3 is 20.1 Å². The van der Waals surface area contributed by atoms with Gasteiger partial charge in [0.15, 0.2) is 0 Å². The van der Waals surface area contributed by atoms with Crippen molar-refractivity contribution in [3.05, 3.63) is 28.2 Å². The first-order chi connectivity index (χ1) is 9.54. The zero-order valence-corrected chi connectivity index (χ0v) is 13.7. The molecule has 1 heterocycles. The van der Waals surface area contributed by atoms with E-state index in [9.17, 15) is 0 Å². The molecule has 2 N–H and O–H groups in total. The Balaban J connectivity index is 1.97. The summed E-state index contributed by atoms with van der Waals surface area (Å²) in [6, 6.07) is 6.18. The van der Waals surface area contributed by atoms with Gasteiger partial charge in [0.1, 0.15) is 18.5 Å². The van der Waals surface area contributed by atoms with E-state index in [-0.39, 0.29) is 12.1 Å². The molecule has 1 aromatic rings. The third-order valence-corrected chi connectivity index (χ3v) is 3.82. The third kappa shape index (κ3) is 4.74. The topological polar surface area (TPSA) is 47.7 Å². The van der Waals surface area contributed by atoms with Gasteiger partial charge in [0.2, 0.25) is 0 Å². The lowest BCUT2D eigenvalue weighted by atomic mass is 10.1. The summed E-state index contributed by atoms with van der Waals surface area (Å²) in [6.45, 7) is 5.27. The van der Waals surface area contributed by atoms with E-state index in [2.05, 4.69) is 33.9 Å². The average molecular weight is 343 g/mol. The summed E-state index contributed by atoms with van der Waals surface area (Å²) in [5.41, 5.74) is 7.04. The van der Waals surface area contributed by atoms with Crippen LogP contribution in [0.25, 0.3) is 0 Å². The Labute approximate surface area is 129 Å². The van der Waals surface area contributed by atoms with E-state index in [4.69, 9.17) is 15.2 Å². The summed E-state index contributed by atoms with van der Waals surface area (Å²) in [6.07, 6.45) is 0.945. The minimum absolute atomic E-state index is 0.115. The highest BCUT2D eigenvalue weighted by Crippen LogP contribution is 2.24. The molecule has 0 radical (unpaired) electrons. The minimum atomic E-state index is 0.115. The molecule has 0 bridgehead atoms. The second-order valence-electron chi connectivity index (χ2n) is 5.50. The lowest BCUT2D eigenvalue weighted by Gasteiger charge is -2.30. The van der Waals surface area contributed by atoms with Gasteiger partial charge in [-0.2, -0.15) is 0 Å². The van der Waals surface area contributed by atoms with Crippen LogP contribution in [0.15, 0.2) is 22.7 Å². The van der Waals surface area contributed by atoms with Gasteiger partial charge in [-0.3, -0.25) is 0 Å². The van der Waals surface area contributed by atoms with Crippen molar-refractivity contribution in [1.82, 2.24) is 4.90 Å². The molecule has 112 valence electrons. The van der Waals surface area contributed by atoms with E-state index < -0.39 is 0 Å². The molecule has 2 atom stereocenters. The first kappa shape index (κ1) is 15.8. The van der Waals surface area contributed by atoms with Crippen LogP contribution >= 0.6 is 15.9 Å². The Morgan fingerprint density at radius 3 is 3.05 bits per heavy atom. The van der Waals surface area contributed by atoms with Gasteiger partial charge in [-0.25, -0.2) is 0 Å². The molecule has 2 unspecified atom stereocenters. The highest BCUT2D eigenvalue weighted by atomic mass is 79.9. The average Bonchev–Trinajstić information content (AvgIpc) is 2.37. The van der Waals surface area contributed by atoms with Crippen LogP contribution in [0, 0.1) is 0 Å². The molecule has 0 aliphatic carbocycles. The summed E-state index contributed by atoms with van der Waals surface area (Å²) in [5.74, 6) is 0.905. The maximum absolute atomic E-state index is 5.95. The van der Waals surface area contributed by atoms with Crippen LogP contribution in [0.4, 0.5) is 0 Å². The standard InChI is InChI=1S/C15H23BrN2O2/c1-11(17)7-12-8-13(16)3-4-15(12)20-10-14-9-18(2)5-6-19-14/h3-4,8,11,14H,5-7,9-10,17H2,1-2H3. The Bertz CT molecular complexity index is 440. The summed E-state index contributed by atoms with van der Waals surface area (Å²) in [5, 5.41) is 0. The highest BCUT2D eigenvalue weighted by Gasteiger charge is 2.19. The SMILES string of the molecule is CC(N)Cc1cc(Br)ccc1OCC1CN(C)CCO1. The molecule has 1 aliphatic heterocycles. The van der Waals surface area contributed by atoms with Gasteiger partial charge in [0.05, 0.1) is 6.61 Å². The number of ether oxygens (including phenoxy) is 2. The van der Waals surface area contributed by atoms with Gasteiger partial charge in [0, 0.05) is 23.6 Å². The number of morpholine rings is 1. The van der Waals surface area contributed by atoms with Crippen molar-refractivity contribution in [1.29, 1.82) is 0 Å². The Hall–Kier alpha value is -0.620. The van der Waals surface area contributed by atoms with Crippen LogP contribution in [0.5, 0.6) is 5.75 Å². The fraction of sp³-hybridized carbons (Fsp3) is 0.600. The molecule has 20 heavy (non-hydrogen) atoms. The van der Waals surface area contributed by atoms with E-state index in [0.717, 1.165) is 41.9 Å². The van der Waals surface area contributed by atoms with Gasteiger partial charge >= 0.3 is 0 Å². The predicted octanol–water partition coefficient (Wildman–Crippen LogP) is 2.05. The monoisotopic (exact) mass is 342 g/mol. The van der Waals surface area contributed by atoms with Crippen molar-refractivity contribution >= 4 is 15.9 Å². The highest BCUT2D eigenvalue weighted by molar-refractivity contribution is 9.10. The Morgan fingerprint density at radius 1 is 1.55 bits per heavy atom.